The Morgan fingerprint density at radius 3 is 2.29 bits per heavy atom. The molecular formula is C24H25N3O7. The number of hydrogen-bond acceptors (Lipinski definition) is 9. The monoisotopic (exact) mass is 467 g/mol. The van der Waals surface area contributed by atoms with E-state index in [1.54, 1.807) is 26.2 Å². The van der Waals surface area contributed by atoms with Gasteiger partial charge < -0.3 is 35.6 Å². The van der Waals surface area contributed by atoms with E-state index in [0.29, 0.717) is 18.8 Å². The molecule has 0 spiro atoms. The van der Waals surface area contributed by atoms with Gasteiger partial charge in [0.25, 0.3) is 16.8 Å². The Kier molecular flexibility index (Phi) is 5.70. The summed E-state index contributed by atoms with van der Waals surface area (Å²) in [5.41, 5.74) is -1.28. The molecule has 1 saturated heterocycles. The normalized spacial score (nSPS) is 15.4. The first-order chi connectivity index (χ1) is 16.0. The van der Waals surface area contributed by atoms with E-state index in [1.807, 2.05) is 6.92 Å². The topological polar surface area (TPSA) is 148 Å². The van der Waals surface area contributed by atoms with Crippen molar-refractivity contribution in [1.82, 2.24) is 4.90 Å². The second-order valence-electron chi connectivity index (χ2n) is 8.91. The maximum atomic E-state index is 12.5. The molecule has 178 valence electrons. The molecule has 1 aliphatic heterocycles. The predicted molar refractivity (Wildman–Crippen MR) is 126 cm³/mol. The summed E-state index contributed by atoms with van der Waals surface area (Å²) < 4.78 is 5.36. The van der Waals surface area contributed by atoms with Crippen molar-refractivity contribution in [2.45, 2.75) is 13.0 Å². The van der Waals surface area contributed by atoms with Gasteiger partial charge in [0.15, 0.2) is 17.2 Å². The standard InChI is InChI=1S/C24H25N3O7/c1-24(10-34-11-24)22(12-7-8-15(28)16(29)9-12)26-18-17(20(31)21(18)32)25-14-6-4-5-13(19(14)30)23(33)27(2)3/h4-9,22,25-26,28-30H,10-11H2,1-3H3. The van der Waals surface area contributed by atoms with Gasteiger partial charge in [-0.25, -0.2) is 0 Å². The second-order valence-corrected chi connectivity index (χ2v) is 8.91. The summed E-state index contributed by atoms with van der Waals surface area (Å²) in [6.45, 7) is 2.68. The second kappa shape index (κ2) is 8.38. The first-order valence-corrected chi connectivity index (χ1v) is 10.5. The van der Waals surface area contributed by atoms with Crippen LogP contribution in [0.25, 0.3) is 0 Å². The van der Waals surface area contributed by atoms with Crippen molar-refractivity contribution < 1.29 is 24.9 Å². The van der Waals surface area contributed by atoms with Crippen LogP contribution in [0.2, 0.25) is 0 Å². The zero-order valence-electron chi connectivity index (χ0n) is 18.9. The van der Waals surface area contributed by atoms with Crippen molar-refractivity contribution in [1.29, 1.82) is 0 Å². The number of phenols is 3. The molecule has 1 unspecified atom stereocenters. The number of nitrogens with zero attached hydrogens (tertiary/aromatic N) is 1. The Labute approximate surface area is 194 Å². The predicted octanol–water partition coefficient (Wildman–Crippen LogP) is 2.03. The van der Waals surface area contributed by atoms with Crippen LogP contribution in [-0.4, -0.2) is 53.4 Å². The van der Waals surface area contributed by atoms with Crippen LogP contribution in [0.5, 0.6) is 17.2 Å². The van der Waals surface area contributed by atoms with Gasteiger partial charge >= 0.3 is 0 Å². The number of carbonyl (C=O) groups excluding carboxylic acids is 1. The van der Waals surface area contributed by atoms with E-state index in [9.17, 15) is 29.7 Å². The quantitative estimate of drug-likeness (QED) is 0.260. The van der Waals surface area contributed by atoms with Crippen LogP contribution < -0.4 is 21.5 Å². The molecule has 3 aromatic carbocycles. The number of anilines is 3. The van der Waals surface area contributed by atoms with Crippen molar-refractivity contribution in [2.24, 2.45) is 5.41 Å². The molecule has 3 aromatic rings. The van der Waals surface area contributed by atoms with Crippen molar-refractivity contribution in [3.8, 4) is 17.2 Å². The number of hydrogen-bond donors (Lipinski definition) is 5. The Bertz CT molecular complexity index is 1340. The molecule has 10 nitrogen and oxygen atoms in total. The van der Waals surface area contributed by atoms with E-state index in [4.69, 9.17) is 4.74 Å². The Morgan fingerprint density at radius 2 is 1.71 bits per heavy atom. The molecule has 1 fully saturated rings. The van der Waals surface area contributed by atoms with Gasteiger partial charge in [0.05, 0.1) is 30.5 Å². The molecule has 1 atom stereocenters. The Balaban J connectivity index is 1.69. The van der Waals surface area contributed by atoms with Gasteiger partial charge in [-0.15, -0.1) is 0 Å². The molecule has 1 aliphatic rings. The largest absolute Gasteiger partial charge is 0.505 e. The molecule has 0 radical (unpaired) electrons. The third kappa shape index (κ3) is 3.81. The number of rotatable bonds is 7. The van der Waals surface area contributed by atoms with Crippen LogP contribution in [0, 0.1) is 5.41 Å². The molecule has 0 bridgehead atoms. The highest BCUT2D eigenvalue weighted by Gasteiger charge is 2.43. The number of aromatic hydroxyl groups is 3. The van der Waals surface area contributed by atoms with E-state index in [1.165, 1.54) is 29.2 Å². The van der Waals surface area contributed by atoms with Crippen LogP contribution >= 0.6 is 0 Å². The number of para-hydroxylation sites is 1. The number of ether oxygens (including phenoxy) is 1. The lowest BCUT2D eigenvalue weighted by Crippen LogP contribution is -2.49. The van der Waals surface area contributed by atoms with Gasteiger partial charge in [-0.05, 0) is 29.8 Å². The average molecular weight is 467 g/mol. The summed E-state index contributed by atoms with van der Waals surface area (Å²) >= 11 is 0. The van der Waals surface area contributed by atoms with E-state index in [0.717, 1.165) is 0 Å². The third-order valence-corrected chi connectivity index (χ3v) is 6.02. The molecule has 5 N–H and O–H groups in total. The van der Waals surface area contributed by atoms with Crippen LogP contribution in [0.15, 0.2) is 46.0 Å². The third-order valence-electron chi connectivity index (χ3n) is 6.02. The molecule has 1 amide bonds. The Morgan fingerprint density at radius 1 is 1.03 bits per heavy atom. The number of carbonyl (C=O) groups is 1. The van der Waals surface area contributed by atoms with Gasteiger partial charge in [-0.2, -0.15) is 0 Å². The lowest BCUT2D eigenvalue weighted by atomic mass is 9.76. The van der Waals surface area contributed by atoms with Gasteiger partial charge in [-0.1, -0.05) is 19.1 Å². The van der Waals surface area contributed by atoms with Crippen LogP contribution in [0.3, 0.4) is 0 Å². The fourth-order valence-corrected chi connectivity index (χ4v) is 3.96. The lowest BCUT2D eigenvalue weighted by Gasteiger charge is -2.45. The zero-order chi connectivity index (χ0) is 24.8. The lowest BCUT2D eigenvalue weighted by molar-refractivity contribution is -0.112. The first kappa shape index (κ1) is 23.1. The summed E-state index contributed by atoms with van der Waals surface area (Å²) in [6, 6.07) is 8.29. The summed E-state index contributed by atoms with van der Waals surface area (Å²) in [6.07, 6.45) is 0. The number of benzene rings is 2. The van der Waals surface area contributed by atoms with E-state index >= 15 is 0 Å². The molecule has 10 heteroatoms. The minimum atomic E-state index is -0.770. The van der Waals surface area contributed by atoms with E-state index < -0.39 is 28.2 Å². The highest BCUT2D eigenvalue weighted by atomic mass is 16.5. The number of amides is 1. The summed E-state index contributed by atoms with van der Waals surface area (Å²) in [5.74, 6) is -1.37. The van der Waals surface area contributed by atoms with E-state index in [-0.39, 0.29) is 39.9 Å². The van der Waals surface area contributed by atoms with E-state index in [2.05, 4.69) is 10.6 Å². The fourth-order valence-electron chi connectivity index (χ4n) is 3.96. The van der Waals surface area contributed by atoms with Crippen LogP contribution in [0.4, 0.5) is 17.1 Å². The van der Waals surface area contributed by atoms with Gasteiger partial charge in [0.1, 0.15) is 11.4 Å². The number of phenolic OH excluding ortho intramolecular Hbond substituents is 3. The fraction of sp³-hybridized carbons (Fsp3) is 0.292. The van der Waals surface area contributed by atoms with Gasteiger partial charge in [-0.3, -0.25) is 14.4 Å². The summed E-state index contributed by atoms with van der Waals surface area (Å²) in [4.78, 5) is 38.5. The average Bonchev–Trinajstić information content (AvgIpc) is 2.79. The van der Waals surface area contributed by atoms with Crippen molar-refractivity contribution in [2.75, 3.05) is 37.9 Å². The molecule has 0 aliphatic carbocycles. The van der Waals surface area contributed by atoms with Crippen molar-refractivity contribution >= 4 is 23.0 Å². The van der Waals surface area contributed by atoms with Crippen molar-refractivity contribution in [3.05, 3.63) is 68.0 Å². The maximum Gasteiger partial charge on any atom is 0.257 e. The van der Waals surface area contributed by atoms with Crippen LogP contribution in [-0.2, 0) is 4.74 Å². The molecule has 0 aromatic heterocycles. The first-order valence-electron chi connectivity index (χ1n) is 10.5. The zero-order valence-corrected chi connectivity index (χ0v) is 18.9. The van der Waals surface area contributed by atoms with Crippen LogP contribution in [0.1, 0.15) is 28.9 Å². The minimum Gasteiger partial charge on any atom is -0.505 e. The highest BCUT2D eigenvalue weighted by Crippen LogP contribution is 2.44. The SMILES string of the molecule is CN(C)C(=O)c1cccc(Nc2c(NC(c3ccc(O)c(O)c3)C3(C)COC3)c(=O)c2=O)c1O. The Hall–Kier alpha value is -4.05. The molecule has 4 rings (SSSR count). The maximum absolute atomic E-state index is 12.5. The van der Waals surface area contributed by atoms with Gasteiger partial charge in [0.2, 0.25) is 0 Å². The smallest absolute Gasteiger partial charge is 0.257 e. The summed E-state index contributed by atoms with van der Waals surface area (Å²) in [5, 5.41) is 36.1. The minimum absolute atomic E-state index is 0.0134. The molecule has 0 saturated carbocycles. The molecule has 34 heavy (non-hydrogen) atoms. The molecule has 1 heterocycles. The molecular weight excluding hydrogens is 442 g/mol. The highest BCUT2D eigenvalue weighted by molar-refractivity contribution is 5.99. The van der Waals surface area contributed by atoms with Gasteiger partial charge in [0, 0.05) is 19.5 Å². The summed E-state index contributed by atoms with van der Waals surface area (Å²) in [7, 11) is 3.10. The van der Waals surface area contributed by atoms with Crippen molar-refractivity contribution in [3.63, 3.8) is 0 Å². The number of nitrogens with one attached hydrogen (secondary N) is 2.